The normalized spacial score (nSPS) is 13.5. The van der Waals surface area contributed by atoms with Crippen molar-refractivity contribution in [3.63, 3.8) is 0 Å². The number of amides is 2. The Morgan fingerprint density at radius 1 is 0.806 bits per heavy atom. The molecule has 16 heteroatoms. The SMILES string of the molecule is C[C@H](NC(=O)CC[C@H](NC(=O)CC[C@H](N)C(=O)O)C(=O)O)C(=O)O.O=C(O)C(F)(F)F. The van der Waals surface area contributed by atoms with Gasteiger partial charge >= 0.3 is 30.1 Å². The highest BCUT2D eigenvalue weighted by atomic mass is 19.4. The van der Waals surface area contributed by atoms with Crippen LogP contribution in [0.2, 0.25) is 0 Å². The number of carbonyl (C=O) groups is 6. The van der Waals surface area contributed by atoms with Crippen molar-refractivity contribution < 1.29 is 62.4 Å². The first-order chi connectivity index (χ1) is 14.0. The fourth-order valence-electron chi connectivity index (χ4n) is 1.58. The van der Waals surface area contributed by atoms with Crippen LogP contribution in [-0.2, 0) is 28.8 Å². The predicted molar refractivity (Wildman–Crippen MR) is 92.6 cm³/mol. The van der Waals surface area contributed by atoms with Crippen LogP contribution >= 0.6 is 0 Å². The Labute approximate surface area is 172 Å². The molecule has 0 aromatic heterocycles. The summed E-state index contributed by atoms with van der Waals surface area (Å²) in [6.45, 7) is 1.25. The van der Waals surface area contributed by atoms with Gasteiger partial charge in [-0.2, -0.15) is 13.2 Å². The lowest BCUT2D eigenvalue weighted by atomic mass is 10.1. The molecule has 3 atom stereocenters. The molecule has 0 bridgehead atoms. The number of halogens is 3. The molecule has 0 radical (unpaired) electrons. The Bertz CT molecular complexity index is 684. The minimum atomic E-state index is -5.08. The number of hydrogen-bond donors (Lipinski definition) is 7. The molecule has 31 heavy (non-hydrogen) atoms. The second-order valence-corrected chi connectivity index (χ2v) is 5.91. The maximum atomic E-state index is 11.6. The second kappa shape index (κ2) is 13.7. The van der Waals surface area contributed by atoms with Crippen LogP contribution < -0.4 is 16.4 Å². The van der Waals surface area contributed by atoms with Gasteiger partial charge in [-0.1, -0.05) is 0 Å². The van der Waals surface area contributed by atoms with Gasteiger partial charge in [-0.15, -0.1) is 0 Å². The number of carboxylic acid groups (broad SMARTS) is 4. The minimum absolute atomic E-state index is 0.163. The van der Waals surface area contributed by atoms with Crippen LogP contribution in [-0.4, -0.2) is 80.4 Å². The molecular weight excluding hydrogens is 439 g/mol. The number of hydrogen-bond acceptors (Lipinski definition) is 7. The zero-order valence-corrected chi connectivity index (χ0v) is 16.0. The first kappa shape index (κ1) is 29.8. The Morgan fingerprint density at radius 2 is 1.23 bits per heavy atom. The highest BCUT2D eigenvalue weighted by Crippen LogP contribution is 2.13. The third-order valence-corrected chi connectivity index (χ3v) is 3.28. The fourth-order valence-corrected chi connectivity index (χ4v) is 1.58. The summed E-state index contributed by atoms with van der Waals surface area (Å²) < 4.78 is 31.7. The van der Waals surface area contributed by atoms with E-state index in [1.807, 2.05) is 0 Å². The number of carbonyl (C=O) groups excluding carboxylic acids is 2. The third kappa shape index (κ3) is 15.1. The summed E-state index contributed by atoms with van der Waals surface area (Å²) in [5.41, 5.74) is 5.23. The number of carboxylic acids is 4. The maximum absolute atomic E-state index is 11.6. The van der Waals surface area contributed by atoms with Crippen molar-refractivity contribution in [2.24, 2.45) is 5.73 Å². The van der Waals surface area contributed by atoms with E-state index in [9.17, 15) is 37.1 Å². The van der Waals surface area contributed by atoms with E-state index in [4.69, 9.17) is 31.0 Å². The molecule has 0 saturated carbocycles. The van der Waals surface area contributed by atoms with Gasteiger partial charge in [0.15, 0.2) is 0 Å². The van der Waals surface area contributed by atoms with E-state index in [1.165, 1.54) is 6.92 Å². The van der Waals surface area contributed by atoms with E-state index in [-0.39, 0.29) is 25.7 Å². The molecule has 13 nitrogen and oxygen atoms in total. The average molecular weight is 461 g/mol. The molecular formula is C15H22F3N3O10. The highest BCUT2D eigenvalue weighted by Gasteiger charge is 2.38. The summed E-state index contributed by atoms with van der Waals surface area (Å²) in [4.78, 5) is 64.2. The van der Waals surface area contributed by atoms with Gasteiger partial charge in [-0.25, -0.2) is 9.59 Å². The molecule has 8 N–H and O–H groups in total. The standard InChI is InChI=1S/C13H21N3O8.C2HF3O2/c1-6(11(19)20)15-9(17)5-3-8(13(23)24)16-10(18)4-2-7(14)12(21)22;3-2(4,5)1(6)7/h6-8H,2-5,14H2,1H3,(H,15,17)(H,16,18)(H,19,20)(H,21,22)(H,23,24);(H,6,7)/t6-,7-,8-;/m0./s1. The molecule has 0 heterocycles. The number of rotatable bonds is 11. The van der Waals surface area contributed by atoms with Crippen molar-refractivity contribution >= 4 is 35.7 Å². The van der Waals surface area contributed by atoms with Crippen LogP contribution in [0.4, 0.5) is 13.2 Å². The second-order valence-electron chi connectivity index (χ2n) is 5.91. The van der Waals surface area contributed by atoms with Crippen LogP contribution in [0.15, 0.2) is 0 Å². The Balaban J connectivity index is 0. The molecule has 0 aliphatic carbocycles. The molecule has 0 aromatic rings. The Morgan fingerprint density at radius 3 is 1.58 bits per heavy atom. The van der Waals surface area contributed by atoms with Gasteiger partial charge in [-0.3, -0.25) is 19.2 Å². The number of nitrogens with one attached hydrogen (secondary N) is 2. The van der Waals surface area contributed by atoms with Crippen LogP contribution in [0.25, 0.3) is 0 Å². The van der Waals surface area contributed by atoms with Crippen LogP contribution in [0.3, 0.4) is 0 Å². The topological polar surface area (TPSA) is 233 Å². The molecule has 0 fully saturated rings. The molecule has 0 saturated heterocycles. The smallest absolute Gasteiger partial charge is 0.480 e. The highest BCUT2D eigenvalue weighted by molar-refractivity contribution is 5.86. The van der Waals surface area contributed by atoms with E-state index in [0.29, 0.717) is 0 Å². The molecule has 0 aromatic carbocycles. The third-order valence-electron chi connectivity index (χ3n) is 3.28. The van der Waals surface area contributed by atoms with Gasteiger partial charge in [0, 0.05) is 12.8 Å². The minimum Gasteiger partial charge on any atom is -0.480 e. The van der Waals surface area contributed by atoms with E-state index in [2.05, 4.69) is 10.6 Å². The van der Waals surface area contributed by atoms with Gasteiger partial charge in [0.25, 0.3) is 0 Å². The van der Waals surface area contributed by atoms with Crippen LogP contribution in [0.1, 0.15) is 32.6 Å². The quantitative estimate of drug-likeness (QED) is 0.192. The van der Waals surface area contributed by atoms with E-state index in [0.717, 1.165) is 0 Å². The summed E-state index contributed by atoms with van der Waals surface area (Å²) in [7, 11) is 0. The first-order valence-corrected chi connectivity index (χ1v) is 8.31. The summed E-state index contributed by atoms with van der Waals surface area (Å²) >= 11 is 0. The first-order valence-electron chi connectivity index (χ1n) is 8.31. The zero-order chi connectivity index (χ0) is 24.9. The molecule has 2 amide bonds. The molecule has 0 spiro atoms. The van der Waals surface area contributed by atoms with Crippen molar-refractivity contribution in [3.8, 4) is 0 Å². The molecule has 0 rings (SSSR count). The van der Waals surface area contributed by atoms with Gasteiger partial charge in [-0.05, 0) is 19.8 Å². The van der Waals surface area contributed by atoms with Crippen molar-refractivity contribution in [1.82, 2.24) is 10.6 Å². The number of aliphatic carboxylic acids is 4. The Hall–Kier alpha value is -3.43. The lowest BCUT2D eigenvalue weighted by molar-refractivity contribution is -0.192. The van der Waals surface area contributed by atoms with Crippen molar-refractivity contribution in [2.75, 3.05) is 0 Å². The average Bonchev–Trinajstić information content (AvgIpc) is 2.62. The van der Waals surface area contributed by atoms with Gasteiger partial charge in [0.05, 0.1) is 0 Å². The summed E-state index contributed by atoms with van der Waals surface area (Å²) in [6, 6.07) is -3.71. The van der Waals surface area contributed by atoms with E-state index in [1.54, 1.807) is 0 Å². The zero-order valence-electron chi connectivity index (χ0n) is 16.0. The molecule has 0 unspecified atom stereocenters. The Kier molecular flexibility index (Phi) is 13.2. The maximum Gasteiger partial charge on any atom is 0.490 e. The van der Waals surface area contributed by atoms with E-state index < -0.39 is 60.0 Å². The monoisotopic (exact) mass is 461 g/mol. The predicted octanol–water partition coefficient (Wildman–Crippen LogP) is -1.25. The molecule has 178 valence electrons. The van der Waals surface area contributed by atoms with Crippen LogP contribution in [0.5, 0.6) is 0 Å². The van der Waals surface area contributed by atoms with Crippen molar-refractivity contribution in [1.29, 1.82) is 0 Å². The van der Waals surface area contributed by atoms with Crippen molar-refractivity contribution in [2.45, 2.75) is 56.9 Å². The fraction of sp³-hybridized carbons (Fsp3) is 0.600. The van der Waals surface area contributed by atoms with E-state index >= 15 is 0 Å². The molecule has 0 aliphatic rings. The van der Waals surface area contributed by atoms with Gasteiger partial charge in [0.1, 0.15) is 18.1 Å². The lowest BCUT2D eigenvalue weighted by Crippen LogP contribution is -2.43. The number of alkyl halides is 3. The van der Waals surface area contributed by atoms with Gasteiger partial charge in [0.2, 0.25) is 11.8 Å². The number of nitrogens with two attached hydrogens (primary N) is 1. The summed E-state index contributed by atoms with van der Waals surface area (Å²) in [6.07, 6.45) is -6.07. The van der Waals surface area contributed by atoms with Crippen LogP contribution in [0, 0.1) is 0 Å². The largest absolute Gasteiger partial charge is 0.490 e. The van der Waals surface area contributed by atoms with Crippen molar-refractivity contribution in [3.05, 3.63) is 0 Å². The molecule has 0 aliphatic heterocycles. The van der Waals surface area contributed by atoms with Gasteiger partial charge < -0.3 is 36.8 Å². The lowest BCUT2D eigenvalue weighted by Gasteiger charge is -2.15. The summed E-state index contributed by atoms with van der Waals surface area (Å²) in [5.74, 6) is -8.02. The summed E-state index contributed by atoms with van der Waals surface area (Å²) in [5, 5.41) is 37.7.